The molecule has 1 fully saturated rings. The third-order valence-corrected chi connectivity index (χ3v) is 2.18. The van der Waals surface area contributed by atoms with Crippen molar-refractivity contribution in [1.29, 1.82) is 0 Å². The molecule has 1 aliphatic rings. The molecule has 0 spiro atoms. The van der Waals surface area contributed by atoms with Crippen LogP contribution in [0.15, 0.2) is 0 Å². The van der Waals surface area contributed by atoms with E-state index in [1.807, 2.05) is 5.92 Å². The van der Waals surface area contributed by atoms with E-state index in [2.05, 4.69) is 0 Å². The fraction of sp³-hybridized carbons (Fsp3) is 0.500. The van der Waals surface area contributed by atoms with Gasteiger partial charge in [-0.1, -0.05) is 0 Å². The third-order valence-electron chi connectivity index (χ3n) is 2.18. The van der Waals surface area contributed by atoms with Gasteiger partial charge >= 0.3 is 6.09 Å². The zero-order valence-corrected chi connectivity index (χ0v) is 6.93. The molecule has 70 valence electrons. The molecule has 0 aromatic carbocycles. The van der Waals surface area contributed by atoms with E-state index in [-0.39, 0.29) is 6.54 Å². The number of likely N-dealkylation sites (tertiary alicyclic amines) is 1. The number of rotatable bonds is 1. The van der Waals surface area contributed by atoms with E-state index >= 15 is 0 Å². The Morgan fingerprint density at radius 2 is 2.23 bits per heavy atom. The number of ketones is 1. The van der Waals surface area contributed by atoms with Crippen LogP contribution in [0.2, 0.25) is 0 Å². The maximum atomic E-state index is 11.1. The molecule has 0 aromatic rings. The van der Waals surface area contributed by atoms with E-state index in [1.165, 1.54) is 0 Å². The highest BCUT2D eigenvalue weighted by Gasteiger charge is 2.37. The van der Waals surface area contributed by atoms with Crippen molar-refractivity contribution in [2.75, 3.05) is 6.54 Å². The summed E-state index contributed by atoms with van der Waals surface area (Å²) in [4.78, 5) is 22.6. The van der Waals surface area contributed by atoms with Crippen LogP contribution >= 0.6 is 0 Å². The average molecular weight is 182 g/mol. The lowest BCUT2D eigenvalue weighted by Crippen LogP contribution is -2.45. The summed E-state index contributed by atoms with van der Waals surface area (Å²) >= 11 is 0. The molecule has 13 heavy (non-hydrogen) atoms. The fourth-order valence-corrected chi connectivity index (χ4v) is 1.43. The number of nitrogens with two attached hydrogens (primary N) is 1. The predicted molar refractivity (Wildman–Crippen MR) is 44.7 cm³/mol. The molecule has 3 N–H and O–H groups in total. The van der Waals surface area contributed by atoms with Gasteiger partial charge in [-0.05, 0) is 12.3 Å². The average Bonchev–Trinajstić information content (AvgIpc) is 2.46. The molecule has 1 heterocycles. The van der Waals surface area contributed by atoms with E-state index in [0.29, 0.717) is 6.42 Å². The van der Waals surface area contributed by atoms with E-state index in [1.54, 1.807) is 0 Å². The lowest BCUT2D eigenvalue weighted by atomic mass is 10.0. The SMILES string of the molecule is C#CC(=O)C1CCN(C(=O)O)[C@H]1N. The van der Waals surface area contributed by atoms with Crippen molar-refractivity contribution in [3.05, 3.63) is 0 Å². The third kappa shape index (κ3) is 1.63. The van der Waals surface area contributed by atoms with Gasteiger partial charge in [-0.2, -0.15) is 0 Å². The van der Waals surface area contributed by atoms with Crippen LogP contribution in [-0.2, 0) is 4.79 Å². The first-order valence-electron chi connectivity index (χ1n) is 3.83. The maximum absolute atomic E-state index is 11.1. The first kappa shape index (κ1) is 9.55. The van der Waals surface area contributed by atoms with Gasteiger partial charge in [0.1, 0.15) is 0 Å². The lowest BCUT2D eigenvalue weighted by Gasteiger charge is -2.19. The molecule has 1 amide bonds. The molecule has 1 saturated heterocycles. The van der Waals surface area contributed by atoms with Crippen LogP contribution in [-0.4, -0.2) is 34.6 Å². The first-order chi connectivity index (χ1) is 6.07. The molecule has 5 nitrogen and oxygen atoms in total. The monoisotopic (exact) mass is 182 g/mol. The largest absolute Gasteiger partial charge is 0.465 e. The van der Waals surface area contributed by atoms with Crippen molar-refractivity contribution in [2.45, 2.75) is 12.6 Å². The van der Waals surface area contributed by atoms with E-state index in [9.17, 15) is 9.59 Å². The van der Waals surface area contributed by atoms with Crippen molar-refractivity contribution in [3.8, 4) is 12.3 Å². The Morgan fingerprint density at radius 1 is 1.62 bits per heavy atom. The summed E-state index contributed by atoms with van der Waals surface area (Å²) in [5.74, 6) is 0.997. The molecule has 0 aromatic heterocycles. The van der Waals surface area contributed by atoms with Crippen LogP contribution in [0.3, 0.4) is 0 Å². The van der Waals surface area contributed by atoms with Gasteiger partial charge < -0.3 is 10.8 Å². The summed E-state index contributed by atoms with van der Waals surface area (Å²) in [5, 5.41) is 8.64. The minimum absolute atomic E-state index is 0.272. The molecule has 0 radical (unpaired) electrons. The zero-order chi connectivity index (χ0) is 10.0. The van der Waals surface area contributed by atoms with Crippen LogP contribution in [0.25, 0.3) is 0 Å². The van der Waals surface area contributed by atoms with E-state index in [4.69, 9.17) is 17.3 Å². The van der Waals surface area contributed by atoms with Crippen molar-refractivity contribution in [3.63, 3.8) is 0 Å². The molecule has 1 unspecified atom stereocenters. The molecule has 0 bridgehead atoms. The van der Waals surface area contributed by atoms with Crippen LogP contribution in [0.5, 0.6) is 0 Å². The Labute approximate surface area is 75.5 Å². The number of terminal acetylenes is 1. The number of amides is 1. The number of carboxylic acid groups (broad SMARTS) is 1. The lowest BCUT2D eigenvalue weighted by molar-refractivity contribution is -0.117. The molecule has 1 rings (SSSR count). The summed E-state index contributed by atoms with van der Waals surface area (Å²) in [6.45, 7) is 0.272. The molecular weight excluding hydrogens is 172 g/mol. The molecular formula is C8H10N2O3. The first-order valence-corrected chi connectivity index (χ1v) is 3.83. The summed E-state index contributed by atoms with van der Waals surface area (Å²) in [5.41, 5.74) is 5.53. The quantitative estimate of drug-likeness (QED) is 0.422. The van der Waals surface area contributed by atoms with Crippen LogP contribution in [0.4, 0.5) is 4.79 Å². The minimum Gasteiger partial charge on any atom is -0.465 e. The summed E-state index contributed by atoms with van der Waals surface area (Å²) in [6, 6.07) is 0. The Balaban J connectivity index is 2.72. The topological polar surface area (TPSA) is 83.6 Å². The highest BCUT2D eigenvalue weighted by molar-refractivity contribution is 5.97. The minimum atomic E-state index is -1.11. The number of Topliss-reactive ketones (excluding diaryl/α,β-unsaturated/α-hetero) is 1. The van der Waals surface area contributed by atoms with Crippen LogP contribution in [0, 0.1) is 18.3 Å². The van der Waals surface area contributed by atoms with Gasteiger partial charge in [0.2, 0.25) is 5.78 Å². The molecule has 1 aliphatic heterocycles. The van der Waals surface area contributed by atoms with Gasteiger partial charge in [0.15, 0.2) is 0 Å². The van der Waals surface area contributed by atoms with Gasteiger partial charge in [-0.15, -0.1) is 6.42 Å². The molecule has 5 heteroatoms. The number of nitrogens with zero attached hydrogens (tertiary/aromatic N) is 1. The van der Waals surface area contributed by atoms with Crippen molar-refractivity contribution >= 4 is 11.9 Å². The summed E-state index contributed by atoms with van der Waals surface area (Å²) in [7, 11) is 0. The second-order valence-corrected chi connectivity index (χ2v) is 2.87. The number of hydrogen-bond acceptors (Lipinski definition) is 3. The Morgan fingerprint density at radius 3 is 2.62 bits per heavy atom. The maximum Gasteiger partial charge on any atom is 0.408 e. The van der Waals surface area contributed by atoms with Gasteiger partial charge in [0.25, 0.3) is 0 Å². The second-order valence-electron chi connectivity index (χ2n) is 2.87. The van der Waals surface area contributed by atoms with Gasteiger partial charge in [0, 0.05) is 6.54 Å². The Bertz CT molecular complexity index is 282. The fourth-order valence-electron chi connectivity index (χ4n) is 1.43. The molecule has 2 atom stereocenters. The summed E-state index contributed by atoms with van der Waals surface area (Å²) in [6.07, 6.45) is 3.43. The van der Waals surface area contributed by atoms with Crippen molar-refractivity contribution in [2.24, 2.45) is 11.7 Å². The van der Waals surface area contributed by atoms with Crippen molar-refractivity contribution < 1.29 is 14.7 Å². The Kier molecular flexibility index (Phi) is 2.54. The van der Waals surface area contributed by atoms with Crippen LogP contribution < -0.4 is 5.73 Å². The normalized spacial score (nSPS) is 26.9. The smallest absolute Gasteiger partial charge is 0.408 e. The number of carbonyl (C=O) groups excluding carboxylic acids is 1. The zero-order valence-electron chi connectivity index (χ0n) is 6.93. The highest BCUT2D eigenvalue weighted by atomic mass is 16.4. The van der Waals surface area contributed by atoms with Crippen molar-refractivity contribution in [1.82, 2.24) is 4.90 Å². The van der Waals surface area contributed by atoms with E-state index < -0.39 is 24.0 Å². The highest BCUT2D eigenvalue weighted by Crippen LogP contribution is 2.21. The second kappa shape index (κ2) is 3.46. The van der Waals surface area contributed by atoms with Gasteiger partial charge in [-0.25, -0.2) is 4.79 Å². The summed E-state index contributed by atoms with van der Waals surface area (Å²) < 4.78 is 0. The molecule has 0 aliphatic carbocycles. The Hall–Kier alpha value is -1.54. The van der Waals surface area contributed by atoms with Gasteiger partial charge in [-0.3, -0.25) is 9.69 Å². The van der Waals surface area contributed by atoms with Crippen LogP contribution in [0.1, 0.15) is 6.42 Å². The number of hydrogen-bond donors (Lipinski definition) is 2. The standard InChI is InChI=1S/C8H10N2O3/c1-2-6(11)5-3-4-10(7(5)9)8(12)13/h1,5,7H,3-4,9H2,(H,12,13)/t5?,7-/m1/s1. The molecule has 0 saturated carbocycles. The van der Waals surface area contributed by atoms with Gasteiger partial charge in [0.05, 0.1) is 12.1 Å². The number of carbonyl (C=O) groups is 2. The van der Waals surface area contributed by atoms with E-state index in [0.717, 1.165) is 4.90 Å². The predicted octanol–water partition coefficient (Wildman–Crippen LogP) is -0.527.